The van der Waals surface area contributed by atoms with Crippen LogP contribution < -0.4 is 5.32 Å². The molecule has 0 radical (unpaired) electrons. The minimum atomic E-state index is -1.32. The first-order valence-corrected chi connectivity index (χ1v) is 8.47. The molecule has 2 atom stereocenters. The molecule has 6 heteroatoms. The van der Waals surface area contributed by atoms with Crippen LogP contribution in [0.2, 0.25) is 0 Å². The Balaban J connectivity index is 2.84. The molecule has 1 fully saturated rings. The van der Waals surface area contributed by atoms with Crippen molar-refractivity contribution in [3.63, 3.8) is 0 Å². The zero-order valence-corrected chi connectivity index (χ0v) is 15.5. The van der Waals surface area contributed by atoms with Gasteiger partial charge >= 0.3 is 0 Å². The standard InChI is InChI=1S/C19H29NO5/c1-6-12(2)11-19(5,18(3,4)25)15(22)10-14(21)7-13-8-16(23)20-17(24)9-13/h6,11,13-14,21,25H,1,7-10H2,2-5H3,(H,20,23,24). The number of piperidine rings is 1. The number of Topliss-reactive ketones (excluding diaryl/α,β-unsaturated/α-hetero) is 1. The molecule has 1 aliphatic heterocycles. The van der Waals surface area contributed by atoms with Crippen LogP contribution in [0, 0.1) is 11.3 Å². The largest absolute Gasteiger partial charge is 0.393 e. The van der Waals surface area contributed by atoms with Crippen LogP contribution in [-0.4, -0.2) is 39.5 Å². The molecular formula is C19H29NO5. The molecule has 1 saturated heterocycles. The van der Waals surface area contributed by atoms with Crippen LogP contribution >= 0.6 is 0 Å². The molecule has 140 valence electrons. The maximum Gasteiger partial charge on any atom is 0.226 e. The van der Waals surface area contributed by atoms with Crippen LogP contribution in [0.3, 0.4) is 0 Å². The van der Waals surface area contributed by atoms with Crippen molar-refractivity contribution >= 4 is 17.6 Å². The molecule has 0 aromatic carbocycles. The summed E-state index contributed by atoms with van der Waals surface area (Å²) in [6, 6.07) is 0. The average Bonchev–Trinajstić information content (AvgIpc) is 2.44. The molecular weight excluding hydrogens is 322 g/mol. The summed E-state index contributed by atoms with van der Waals surface area (Å²) < 4.78 is 0. The number of aliphatic hydroxyl groups is 2. The molecule has 25 heavy (non-hydrogen) atoms. The second kappa shape index (κ2) is 8.06. The van der Waals surface area contributed by atoms with E-state index in [2.05, 4.69) is 11.9 Å². The first kappa shape index (κ1) is 21.3. The summed E-state index contributed by atoms with van der Waals surface area (Å²) in [6.07, 6.45) is 2.64. The summed E-state index contributed by atoms with van der Waals surface area (Å²) in [5.74, 6) is -1.29. The number of aliphatic hydroxyl groups excluding tert-OH is 1. The van der Waals surface area contributed by atoms with Gasteiger partial charge in [0, 0.05) is 19.3 Å². The number of carbonyl (C=O) groups excluding carboxylic acids is 3. The van der Waals surface area contributed by atoms with Gasteiger partial charge < -0.3 is 10.2 Å². The van der Waals surface area contributed by atoms with E-state index in [0.717, 1.165) is 5.57 Å². The third kappa shape index (κ3) is 5.61. The predicted octanol–water partition coefficient (Wildman–Crippen LogP) is 1.66. The normalized spacial score (nSPS) is 20.6. The Hall–Kier alpha value is -1.79. The fraction of sp³-hybridized carbons (Fsp3) is 0.632. The monoisotopic (exact) mass is 351 g/mol. The first-order valence-electron chi connectivity index (χ1n) is 8.47. The van der Waals surface area contributed by atoms with Crippen LogP contribution in [0.25, 0.3) is 0 Å². The van der Waals surface area contributed by atoms with Gasteiger partial charge in [-0.05, 0) is 40.0 Å². The molecule has 0 aromatic rings. The minimum Gasteiger partial charge on any atom is -0.393 e. The van der Waals surface area contributed by atoms with E-state index in [0.29, 0.717) is 0 Å². The van der Waals surface area contributed by atoms with E-state index >= 15 is 0 Å². The van der Waals surface area contributed by atoms with E-state index in [-0.39, 0.29) is 49.2 Å². The Bertz CT molecular complexity index is 571. The van der Waals surface area contributed by atoms with Crippen LogP contribution in [0.1, 0.15) is 53.4 Å². The number of imide groups is 1. The van der Waals surface area contributed by atoms with Crippen molar-refractivity contribution in [3.05, 3.63) is 24.3 Å². The smallest absolute Gasteiger partial charge is 0.226 e. The number of amides is 2. The molecule has 3 N–H and O–H groups in total. The van der Waals surface area contributed by atoms with Crippen molar-refractivity contribution in [2.45, 2.75) is 65.1 Å². The van der Waals surface area contributed by atoms with Gasteiger partial charge in [0.25, 0.3) is 0 Å². The van der Waals surface area contributed by atoms with E-state index < -0.39 is 17.1 Å². The number of allylic oxidation sites excluding steroid dienone is 2. The van der Waals surface area contributed by atoms with E-state index in [1.165, 1.54) is 0 Å². The van der Waals surface area contributed by atoms with Crippen molar-refractivity contribution in [2.24, 2.45) is 11.3 Å². The summed E-state index contributed by atoms with van der Waals surface area (Å²) in [5.41, 5.74) is -1.76. The lowest BCUT2D eigenvalue weighted by atomic mass is 9.69. The van der Waals surface area contributed by atoms with Gasteiger partial charge in [-0.25, -0.2) is 0 Å². The van der Waals surface area contributed by atoms with Crippen LogP contribution in [0.15, 0.2) is 24.3 Å². The fourth-order valence-corrected chi connectivity index (χ4v) is 3.03. The third-order valence-corrected chi connectivity index (χ3v) is 4.94. The fourth-order valence-electron chi connectivity index (χ4n) is 3.03. The number of hydrogen-bond acceptors (Lipinski definition) is 5. The zero-order chi connectivity index (χ0) is 19.4. The van der Waals surface area contributed by atoms with E-state index in [1.54, 1.807) is 39.8 Å². The Morgan fingerprint density at radius 2 is 1.84 bits per heavy atom. The SMILES string of the molecule is C=CC(C)=CC(C)(C(=O)CC(O)CC1CC(=O)NC(=O)C1)C(C)(C)O. The quantitative estimate of drug-likeness (QED) is 0.456. The predicted molar refractivity (Wildman–Crippen MR) is 94.5 cm³/mol. The highest BCUT2D eigenvalue weighted by Crippen LogP contribution is 2.37. The molecule has 2 amide bonds. The number of rotatable bonds is 8. The van der Waals surface area contributed by atoms with Crippen molar-refractivity contribution in [1.82, 2.24) is 5.32 Å². The highest BCUT2D eigenvalue weighted by atomic mass is 16.3. The van der Waals surface area contributed by atoms with E-state index in [1.807, 2.05) is 0 Å². The van der Waals surface area contributed by atoms with Crippen LogP contribution in [0.4, 0.5) is 0 Å². The molecule has 0 aromatic heterocycles. The highest BCUT2D eigenvalue weighted by Gasteiger charge is 2.44. The Kier molecular flexibility index (Phi) is 6.85. The lowest BCUT2D eigenvalue weighted by molar-refractivity contribution is -0.138. The van der Waals surface area contributed by atoms with Crippen molar-refractivity contribution < 1.29 is 24.6 Å². The highest BCUT2D eigenvalue weighted by molar-refractivity contribution is 5.97. The van der Waals surface area contributed by atoms with Crippen LogP contribution in [0.5, 0.6) is 0 Å². The van der Waals surface area contributed by atoms with Gasteiger partial charge in [-0.2, -0.15) is 0 Å². The molecule has 1 rings (SSSR count). The number of hydrogen-bond donors (Lipinski definition) is 3. The van der Waals surface area contributed by atoms with Gasteiger partial charge in [-0.15, -0.1) is 0 Å². The van der Waals surface area contributed by atoms with Gasteiger partial charge in [0.05, 0.1) is 17.1 Å². The second-order valence-corrected chi connectivity index (χ2v) is 7.62. The maximum absolute atomic E-state index is 12.8. The average molecular weight is 351 g/mol. The first-order chi connectivity index (χ1) is 11.4. The molecule has 0 aliphatic carbocycles. The lowest BCUT2D eigenvalue weighted by Gasteiger charge is -2.38. The van der Waals surface area contributed by atoms with E-state index in [9.17, 15) is 24.6 Å². The van der Waals surface area contributed by atoms with E-state index in [4.69, 9.17) is 0 Å². The van der Waals surface area contributed by atoms with Gasteiger partial charge in [0.2, 0.25) is 11.8 Å². The van der Waals surface area contributed by atoms with Gasteiger partial charge in [0.15, 0.2) is 0 Å². The number of ketones is 1. The summed E-state index contributed by atoms with van der Waals surface area (Å²) in [6.45, 7) is 10.2. The van der Waals surface area contributed by atoms with Gasteiger partial charge in [-0.3, -0.25) is 19.7 Å². The Morgan fingerprint density at radius 3 is 2.28 bits per heavy atom. The Morgan fingerprint density at radius 1 is 1.32 bits per heavy atom. The Labute approximate surface area is 149 Å². The second-order valence-electron chi connectivity index (χ2n) is 7.62. The number of nitrogens with one attached hydrogen (secondary N) is 1. The summed E-state index contributed by atoms with van der Waals surface area (Å²) in [4.78, 5) is 35.6. The van der Waals surface area contributed by atoms with Crippen LogP contribution in [-0.2, 0) is 14.4 Å². The molecule has 1 heterocycles. The summed E-state index contributed by atoms with van der Waals surface area (Å²) >= 11 is 0. The molecule has 1 aliphatic rings. The minimum absolute atomic E-state index is 0.159. The van der Waals surface area contributed by atoms with Crippen molar-refractivity contribution in [1.29, 1.82) is 0 Å². The zero-order valence-electron chi connectivity index (χ0n) is 15.5. The summed E-state index contributed by atoms with van der Waals surface area (Å²) in [5, 5.41) is 23.0. The molecule has 0 saturated carbocycles. The molecule has 0 spiro atoms. The maximum atomic E-state index is 12.8. The third-order valence-electron chi connectivity index (χ3n) is 4.94. The van der Waals surface area contributed by atoms with Crippen molar-refractivity contribution in [2.75, 3.05) is 0 Å². The van der Waals surface area contributed by atoms with Crippen molar-refractivity contribution in [3.8, 4) is 0 Å². The topological polar surface area (TPSA) is 104 Å². The number of carbonyl (C=O) groups is 3. The van der Waals surface area contributed by atoms with Gasteiger partial charge in [0.1, 0.15) is 5.78 Å². The molecule has 6 nitrogen and oxygen atoms in total. The van der Waals surface area contributed by atoms with Gasteiger partial charge in [-0.1, -0.05) is 24.3 Å². The molecule has 0 bridgehead atoms. The molecule has 2 unspecified atom stereocenters. The summed E-state index contributed by atoms with van der Waals surface area (Å²) in [7, 11) is 0. The lowest BCUT2D eigenvalue weighted by Crippen LogP contribution is -2.47.